The molecule has 0 spiro atoms. The predicted octanol–water partition coefficient (Wildman–Crippen LogP) is 3.62. The first kappa shape index (κ1) is 13.6. The molecule has 3 aromatic rings. The molecule has 0 fully saturated rings. The largest absolute Gasteiger partial charge is 0.478 e. The Bertz CT molecular complexity index is 800. The minimum Gasteiger partial charge on any atom is -0.478 e. The number of carbonyl (C=O) groups is 1. The molecule has 0 aliphatic rings. The van der Waals surface area contributed by atoms with Crippen molar-refractivity contribution in [3.63, 3.8) is 0 Å². The summed E-state index contributed by atoms with van der Waals surface area (Å²) in [5, 5.41) is 10.8. The van der Waals surface area contributed by atoms with Gasteiger partial charge in [0.2, 0.25) is 0 Å². The Labute approximate surface area is 125 Å². The van der Waals surface area contributed by atoms with Gasteiger partial charge in [-0.2, -0.15) is 0 Å². The molecule has 2 aromatic heterocycles. The van der Waals surface area contributed by atoms with Crippen LogP contribution < -0.4 is 0 Å². The molecule has 1 aromatic carbocycles. The Morgan fingerprint density at radius 1 is 1.10 bits per heavy atom. The van der Waals surface area contributed by atoms with Crippen molar-refractivity contribution in [2.75, 3.05) is 0 Å². The highest BCUT2D eigenvalue weighted by Gasteiger charge is 2.06. The number of pyridine rings is 2. The van der Waals surface area contributed by atoms with Crippen molar-refractivity contribution < 1.29 is 9.90 Å². The lowest BCUT2D eigenvalue weighted by Crippen LogP contribution is -1.97. The van der Waals surface area contributed by atoms with E-state index >= 15 is 0 Å². The van der Waals surface area contributed by atoms with Gasteiger partial charge in [0.1, 0.15) is 0 Å². The number of thioether (sulfide) groups is 1. The van der Waals surface area contributed by atoms with E-state index in [9.17, 15) is 4.79 Å². The Morgan fingerprint density at radius 2 is 1.95 bits per heavy atom. The summed E-state index contributed by atoms with van der Waals surface area (Å²) in [5.74, 6) is -0.240. The average Bonchev–Trinajstić information content (AvgIpc) is 2.53. The van der Waals surface area contributed by atoms with Crippen LogP contribution >= 0.6 is 11.8 Å². The summed E-state index contributed by atoms with van der Waals surface area (Å²) < 4.78 is 0. The first-order valence-electron chi connectivity index (χ1n) is 6.39. The molecule has 0 aliphatic heterocycles. The number of carboxylic acids is 1. The van der Waals surface area contributed by atoms with Crippen LogP contribution in [0.5, 0.6) is 0 Å². The van der Waals surface area contributed by atoms with Crippen LogP contribution in [0, 0.1) is 0 Å². The van der Waals surface area contributed by atoms with Crippen molar-refractivity contribution in [1.29, 1.82) is 0 Å². The Balaban J connectivity index is 1.84. The van der Waals surface area contributed by atoms with Crippen molar-refractivity contribution in [2.45, 2.75) is 10.8 Å². The van der Waals surface area contributed by atoms with E-state index in [0.717, 1.165) is 16.5 Å². The third kappa shape index (κ3) is 3.03. The molecular formula is C16H12N2O2S. The molecule has 0 atom stereocenters. The molecule has 2 heterocycles. The number of hydrogen-bond acceptors (Lipinski definition) is 4. The van der Waals surface area contributed by atoms with Crippen molar-refractivity contribution in [3.8, 4) is 0 Å². The van der Waals surface area contributed by atoms with E-state index in [4.69, 9.17) is 5.11 Å². The zero-order chi connectivity index (χ0) is 14.7. The lowest BCUT2D eigenvalue weighted by atomic mass is 10.1. The molecular weight excluding hydrogens is 284 g/mol. The molecule has 0 radical (unpaired) electrons. The van der Waals surface area contributed by atoms with Crippen LogP contribution in [0.15, 0.2) is 59.9 Å². The van der Waals surface area contributed by atoms with Gasteiger partial charge in [-0.15, -0.1) is 11.8 Å². The molecule has 4 nitrogen and oxygen atoms in total. The molecule has 21 heavy (non-hydrogen) atoms. The molecule has 0 aliphatic carbocycles. The van der Waals surface area contributed by atoms with Gasteiger partial charge in [-0.3, -0.25) is 4.98 Å². The Morgan fingerprint density at radius 3 is 2.81 bits per heavy atom. The summed E-state index contributed by atoms with van der Waals surface area (Å²) in [6.45, 7) is 0. The van der Waals surface area contributed by atoms with Crippen LogP contribution in [-0.2, 0) is 5.75 Å². The number of aromatic carboxylic acids is 1. The van der Waals surface area contributed by atoms with Gasteiger partial charge < -0.3 is 5.11 Å². The van der Waals surface area contributed by atoms with Gasteiger partial charge in [0.05, 0.1) is 16.1 Å². The van der Waals surface area contributed by atoms with Gasteiger partial charge >= 0.3 is 5.97 Å². The van der Waals surface area contributed by atoms with Crippen LogP contribution in [0.3, 0.4) is 0 Å². The summed E-state index contributed by atoms with van der Waals surface area (Å²) in [7, 11) is 0. The normalized spacial score (nSPS) is 10.7. The standard InChI is InChI=1S/C16H12N2O2S/c19-16(20)12-6-8-17-14(9-12)21-10-13-4-1-3-11-5-2-7-18-15(11)13/h1-9H,10H2,(H,19,20). The number of para-hydroxylation sites is 1. The maximum Gasteiger partial charge on any atom is 0.335 e. The highest BCUT2D eigenvalue weighted by Crippen LogP contribution is 2.25. The van der Waals surface area contributed by atoms with Crippen LogP contribution in [0.1, 0.15) is 15.9 Å². The lowest BCUT2D eigenvalue weighted by molar-refractivity contribution is 0.0696. The molecule has 1 N–H and O–H groups in total. The lowest BCUT2D eigenvalue weighted by Gasteiger charge is -2.05. The topological polar surface area (TPSA) is 63.1 Å². The van der Waals surface area contributed by atoms with Gasteiger partial charge in [-0.1, -0.05) is 24.3 Å². The summed E-state index contributed by atoms with van der Waals surface area (Å²) in [4.78, 5) is 19.6. The Hall–Kier alpha value is -2.40. The fourth-order valence-electron chi connectivity index (χ4n) is 2.06. The summed E-state index contributed by atoms with van der Waals surface area (Å²) in [5.41, 5.74) is 2.34. The van der Waals surface area contributed by atoms with E-state index in [-0.39, 0.29) is 5.56 Å². The third-order valence-corrected chi connectivity index (χ3v) is 4.05. The van der Waals surface area contributed by atoms with Gasteiger partial charge in [-0.05, 0) is 23.8 Å². The predicted molar refractivity (Wildman–Crippen MR) is 82.5 cm³/mol. The van der Waals surface area contributed by atoms with E-state index < -0.39 is 5.97 Å². The van der Waals surface area contributed by atoms with Crippen LogP contribution in [0.25, 0.3) is 10.9 Å². The highest BCUT2D eigenvalue weighted by atomic mass is 32.2. The van der Waals surface area contributed by atoms with E-state index in [1.165, 1.54) is 24.0 Å². The second-order valence-corrected chi connectivity index (χ2v) is 5.46. The van der Waals surface area contributed by atoms with Crippen LogP contribution in [-0.4, -0.2) is 21.0 Å². The van der Waals surface area contributed by atoms with Crippen molar-refractivity contribution >= 4 is 28.6 Å². The summed E-state index contributed by atoms with van der Waals surface area (Å²) in [6.07, 6.45) is 3.30. The smallest absolute Gasteiger partial charge is 0.335 e. The van der Waals surface area contributed by atoms with E-state index in [2.05, 4.69) is 9.97 Å². The van der Waals surface area contributed by atoms with Crippen molar-refractivity contribution in [2.24, 2.45) is 0 Å². The molecule has 0 amide bonds. The van der Waals surface area contributed by atoms with Crippen molar-refractivity contribution in [3.05, 3.63) is 66.0 Å². The third-order valence-electron chi connectivity index (χ3n) is 3.07. The highest BCUT2D eigenvalue weighted by molar-refractivity contribution is 7.98. The van der Waals surface area contributed by atoms with Gasteiger partial charge in [0, 0.05) is 23.5 Å². The van der Waals surface area contributed by atoms with E-state index in [1.54, 1.807) is 12.3 Å². The minimum atomic E-state index is -0.939. The zero-order valence-corrected chi connectivity index (χ0v) is 11.9. The number of aromatic nitrogens is 2. The maximum atomic E-state index is 11.0. The minimum absolute atomic E-state index is 0.253. The molecule has 0 bridgehead atoms. The quantitative estimate of drug-likeness (QED) is 0.745. The molecule has 0 unspecified atom stereocenters. The average molecular weight is 296 g/mol. The maximum absolute atomic E-state index is 11.0. The molecule has 104 valence electrons. The summed E-state index contributed by atoms with van der Waals surface area (Å²) in [6, 6.07) is 13.1. The fourth-order valence-corrected chi connectivity index (χ4v) is 2.94. The number of carboxylic acid groups (broad SMARTS) is 1. The molecule has 0 saturated heterocycles. The van der Waals surface area contributed by atoms with Gasteiger partial charge in [0.25, 0.3) is 0 Å². The van der Waals surface area contributed by atoms with Crippen LogP contribution in [0.4, 0.5) is 0 Å². The van der Waals surface area contributed by atoms with Crippen molar-refractivity contribution in [1.82, 2.24) is 9.97 Å². The molecule has 5 heteroatoms. The first-order chi connectivity index (χ1) is 10.2. The monoisotopic (exact) mass is 296 g/mol. The fraction of sp³-hybridized carbons (Fsp3) is 0.0625. The second-order valence-electron chi connectivity index (χ2n) is 4.47. The second kappa shape index (κ2) is 5.93. The van der Waals surface area contributed by atoms with Crippen LogP contribution in [0.2, 0.25) is 0 Å². The zero-order valence-electron chi connectivity index (χ0n) is 11.1. The molecule has 3 rings (SSSR count). The SMILES string of the molecule is O=C(O)c1ccnc(SCc2cccc3cccnc23)c1. The first-order valence-corrected chi connectivity index (χ1v) is 7.37. The molecule has 0 saturated carbocycles. The Kier molecular flexibility index (Phi) is 3.83. The number of hydrogen-bond donors (Lipinski definition) is 1. The van der Waals surface area contributed by atoms with E-state index in [0.29, 0.717) is 10.8 Å². The van der Waals surface area contributed by atoms with Gasteiger partial charge in [-0.25, -0.2) is 9.78 Å². The number of fused-ring (bicyclic) bond motifs is 1. The summed E-state index contributed by atoms with van der Waals surface area (Å²) >= 11 is 1.51. The number of benzene rings is 1. The number of rotatable bonds is 4. The number of nitrogens with zero attached hydrogens (tertiary/aromatic N) is 2. The van der Waals surface area contributed by atoms with Gasteiger partial charge in [0.15, 0.2) is 0 Å². The van der Waals surface area contributed by atoms with E-state index in [1.807, 2.05) is 30.3 Å².